The predicted molar refractivity (Wildman–Crippen MR) is 59.8 cm³/mol. The summed E-state index contributed by atoms with van der Waals surface area (Å²) in [4.78, 5) is 0. The van der Waals surface area contributed by atoms with E-state index in [1.54, 1.807) is 0 Å². The molecule has 0 saturated heterocycles. The summed E-state index contributed by atoms with van der Waals surface area (Å²) in [6.07, 6.45) is 2.27. The van der Waals surface area contributed by atoms with Crippen molar-refractivity contribution in [3.05, 3.63) is 0 Å². The Morgan fingerprint density at radius 3 is 2.23 bits per heavy atom. The van der Waals surface area contributed by atoms with Gasteiger partial charge in [-0.1, -0.05) is 20.8 Å². The Morgan fingerprint density at radius 1 is 1.31 bits per heavy atom. The van der Waals surface area contributed by atoms with Gasteiger partial charge in [0.1, 0.15) is 0 Å². The molecule has 2 heteroatoms. The fourth-order valence-electron chi connectivity index (χ4n) is 1.64. The van der Waals surface area contributed by atoms with Crippen molar-refractivity contribution < 1.29 is 0 Å². The van der Waals surface area contributed by atoms with E-state index < -0.39 is 0 Å². The summed E-state index contributed by atoms with van der Waals surface area (Å²) in [7, 11) is 0. The Balaban J connectivity index is 3.94. The molecule has 0 rings (SSSR count). The van der Waals surface area contributed by atoms with Crippen molar-refractivity contribution in [3.63, 3.8) is 0 Å². The van der Waals surface area contributed by atoms with Gasteiger partial charge in [0.15, 0.2) is 0 Å². The van der Waals surface area contributed by atoms with E-state index in [0.717, 1.165) is 13.0 Å². The van der Waals surface area contributed by atoms with E-state index in [1.807, 2.05) is 0 Å². The molecule has 0 aromatic carbocycles. The lowest BCUT2D eigenvalue weighted by molar-refractivity contribution is 0.224. The average Bonchev–Trinajstić information content (AvgIpc) is 1.97. The molecule has 1 unspecified atom stereocenters. The highest BCUT2D eigenvalue weighted by Gasteiger charge is 2.26. The van der Waals surface area contributed by atoms with Crippen molar-refractivity contribution in [1.82, 2.24) is 5.32 Å². The van der Waals surface area contributed by atoms with Gasteiger partial charge in [0.05, 0.1) is 0 Å². The quantitative estimate of drug-likeness (QED) is 0.667. The molecule has 0 heterocycles. The van der Waals surface area contributed by atoms with Crippen LogP contribution in [0, 0.1) is 5.41 Å². The fraction of sp³-hybridized carbons (Fsp3) is 1.00. The lowest BCUT2D eigenvalue weighted by atomic mass is 9.80. The number of nitrogens with two attached hydrogens (primary N) is 1. The van der Waals surface area contributed by atoms with Crippen LogP contribution in [-0.2, 0) is 0 Å². The third-order valence-electron chi connectivity index (χ3n) is 2.72. The summed E-state index contributed by atoms with van der Waals surface area (Å²) in [5.41, 5.74) is 6.11. The second kappa shape index (κ2) is 5.61. The molecule has 0 radical (unpaired) electrons. The smallest absolute Gasteiger partial charge is 0.00904 e. The van der Waals surface area contributed by atoms with Gasteiger partial charge >= 0.3 is 0 Å². The molecule has 0 spiro atoms. The average molecular weight is 186 g/mol. The van der Waals surface area contributed by atoms with Crippen LogP contribution in [0.25, 0.3) is 0 Å². The molecule has 13 heavy (non-hydrogen) atoms. The maximum absolute atomic E-state index is 5.82. The topological polar surface area (TPSA) is 38.0 Å². The summed E-state index contributed by atoms with van der Waals surface area (Å²) in [5, 5.41) is 3.52. The monoisotopic (exact) mass is 186 g/mol. The molecule has 0 fully saturated rings. The van der Waals surface area contributed by atoms with Crippen LogP contribution >= 0.6 is 0 Å². The van der Waals surface area contributed by atoms with Gasteiger partial charge in [-0.25, -0.2) is 0 Å². The van der Waals surface area contributed by atoms with Gasteiger partial charge in [-0.15, -0.1) is 0 Å². The third-order valence-corrected chi connectivity index (χ3v) is 2.72. The van der Waals surface area contributed by atoms with Crippen LogP contribution in [-0.4, -0.2) is 18.6 Å². The standard InChI is InChI=1S/C11H26N2/c1-6-7-13-10(3)11(4,5)8-9(2)12/h9-10,13H,6-8,12H2,1-5H3/t9?,10-/m0/s1. The normalized spacial score (nSPS) is 17.1. The first-order valence-electron chi connectivity index (χ1n) is 5.39. The van der Waals surface area contributed by atoms with Crippen molar-refractivity contribution in [1.29, 1.82) is 0 Å². The summed E-state index contributed by atoms with van der Waals surface area (Å²) in [5.74, 6) is 0. The Bertz CT molecular complexity index is 130. The molecule has 0 aliphatic heterocycles. The van der Waals surface area contributed by atoms with Crippen LogP contribution in [0.1, 0.15) is 47.5 Å². The highest BCUT2D eigenvalue weighted by molar-refractivity contribution is 4.82. The highest BCUT2D eigenvalue weighted by atomic mass is 14.9. The van der Waals surface area contributed by atoms with Crippen LogP contribution in [0.2, 0.25) is 0 Å². The lowest BCUT2D eigenvalue weighted by Gasteiger charge is -2.34. The molecule has 0 aliphatic carbocycles. The predicted octanol–water partition coefficient (Wildman–Crippen LogP) is 2.14. The molecule has 2 nitrogen and oxygen atoms in total. The van der Waals surface area contributed by atoms with Gasteiger partial charge in [-0.3, -0.25) is 0 Å². The van der Waals surface area contributed by atoms with Gasteiger partial charge in [0, 0.05) is 12.1 Å². The highest BCUT2D eigenvalue weighted by Crippen LogP contribution is 2.26. The zero-order valence-corrected chi connectivity index (χ0v) is 9.85. The van der Waals surface area contributed by atoms with Crippen molar-refractivity contribution in [2.45, 2.75) is 59.5 Å². The Morgan fingerprint density at radius 2 is 1.85 bits per heavy atom. The van der Waals surface area contributed by atoms with Crippen LogP contribution in [0.3, 0.4) is 0 Å². The molecule has 80 valence electrons. The van der Waals surface area contributed by atoms with Crippen LogP contribution in [0.5, 0.6) is 0 Å². The maximum Gasteiger partial charge on any atom is 0.00904 e. The van der Waals surface area contributed by atoms with E-state index in [-0.39, 0.29) is 0 Å². The minimum Gasteiger partial charge on any atom is -0.328 e. The Kier molecular flexibility index (Phi) is 5.57. The largest absolute Gasteiger partial charge is 0.328 e. The minimum absolute atomic E-state index is 0.292. The third kappa shape index (κ3) is 5.27. The fourth-order valence-corrected chi connectivity index (χ4v) is 1.64. The first-order valence-corrected chi connectivity index (χ1v) is 5.39. The summed E-state index contributed by atoms with van der Waals surface area (Å²) in [6.45, 7) is 12.2. The van der Waals surface area contributed by atoms with Gasteiger partial charge in [0.25, 0.3) is 0 Å². The first-order chi connectivity index (χ1) is 5.90. The Hall–Kier alpha value is -0.0800. The molecule has 3 N–H and O–H groups in total. The summed E-state index contributed by atoms with van der Waals surface area (Å²) >= 11 is 0. The summed E-state index contributed by atoms with van der Waals surface area (Å²) in [6, 6.07) is 0.833. The van der Waals surface area contributed by atoms with Gasteiger partial charge < -0.3 is 11.1 Å². The maximum atomic E-state index is 5.82. The molecular formula is C11H26N2. The second-order valence-corrected chi connectivity index (χ2v) is 4.85. The zero-order valence-electron chi connectivity index (χ0n) is 9.85. The van der Waals surface area contributed by atoms with Crippen molar-refractivity contribution >= 4 is 0 Å². The van der Waals surface area contributed by atoms with Crippen molar-refractivity contribution in [2.24, 2.45) is 11.1 Å². The van der Waals surface area contributed by atoms with Crippen LogP contribution < -0.4 is 11.1 Å². The van der Waals surface area contributed by atoms with E-state index in [0.29, 0.717) is 17.5 Å². The SMILES string of the molecule is CCCN[C@@H](C)C(C)(C)CC(C)N. The van der Waals surface area contributed by atoms with Gasteiger partial charge in [-0.2, -0.15) is 0 Å². The molecule has 2 atom stereocenters. The number of hydrogen-bond donors (Lipinski definition) is 2. The summed E-state index contributed by atoms with van der Waals surface area (Å²) < 4.78 is 0. The second-order valence-electron chi connectivity index (χ2n) is 4.85. The molecule has 0 saturated carbocycles. The van der Waals surface area contributed by atoms with Gasteiger partial charge in [0.2, 0.25) is 0 Å². The molecule has 0 aromatic heterocycles. The van der Waals surface area contributed by atoms with Crippen molar-refractivity contribution in [2.75, 3.05) is 6.54 Å². The van der Waals surface area contributed by atoms with E-state index in [1.165, 1.54) is 6.42 Å². The number of rotatable bonds is 6. The van der Waals surface area contributed by atoms with E-state index in [4.69, 9.17) is 5.73 Å². The minimum atomic E-state index is 0.292. The zero-order chi connectivity index (χ0) is 10.5. The molecule has 0 aromatic rings. The van der Waals surface area contributed by atoms with Crippen LogP contribution in [0.15, 0.2) is 0 Å². The van der Waals surface area contributed by atoms with E-state index in [9.17, 15) is 0 Å². The van der Waals surface area contributed by atoms with E-state index in [2.05, 4.69) is 39.9 Å². The van der Waals surface area contributed by atoms with Crippen molar-refractivity contribution in [3.8, 4) is 0 Å². The van der Waals surface area contributed by atoms with Crippen LogP contribution in [0.4, 0.5) is 0 Å². The Labute approximate surface area is 83.3 Å². The first kappa shape index (κ1) is 12.9. The van der Waals surface area contributed by atoms with Gasteiger partial charge in [-0.05, 0) is 38.6 Å². The number of nitrogens with one attached hydrogen (secondary N) is 1. The lowest BCUT2D eigenvalue weighted by Crippen LogP contribution is -2.42. The van der Waals surface area contributed by atoms with E-state index >= 15 is 0 Å². The molecule has 0 aliphatic rings. The molecular weight excluding hydrogens is 160 g/mol. The molecule has 0 bridgehead atoms. The number of hydrogen-bond acceptors (Lipinski definition) is 2. The molecule has 0 amide bonds.